The van der Waals surface area contributed by atoms with Crippen molar-refractivity contribution in [2.24, 2.45) is 0 Å². The molecule has 0 bridgehead atoms. The molecule has 1 unspecified atom stereocenters. The first-order valence-corrected chi connectivity index (χ1v) is 7.25. The van der Waals surface area contributed by atoms with Gasteiger partial charge in [-0.05, 0) is 31.2 Å². The Balaban J connectivity index is 2.74. The molecule has 1 amide bonds. The van der Waals surface area contributed by atoms with E-state index in [0.717, 1.165) is 0 Å². The van der Waals surface area contributed by atoms with Crippen LogP contribution in [0.2, 0.25) is 0 Å². The van der Waals surface area contributed by atoms with Gasteiger partial charge in [-0.2, -0.15) is 0 Å². The van der Waals surface area contributed by atoms with Gasteiger partial charge in [0.25, 0.3) is 5.91 Å². The first-order valence-electron chi connectivity index (χ1n) is 7.25. The third-order valence-corrected chi connectivity index (χ3v) is 3.17. The number of phenols is 1. The number of amides is 1. The van der Waals surface area contributed by atoms with Gasteiger partial charge in [-0.3, -0.25) is 14.4 Å². The van der Waals surface area contributed by atoms with Crippen molar-refractivity contribution in [2.75, 3.05) is 27.3 Å². The van der Waals surface area contributed by atoms with E-state index in [0.29, 0.717) is 5.75 Å². The van der Waals surface area contributed by atoms with Crippen LogP contribution in [0.4, 0.5) is 0 Å². The largest absolute Gasteiger partial charge is 0.508 e. The fourth-order valence-electron chi connectivity index (χ4n) is 1.85. The maximum atomic E-state index is 12.5. The number of nitrogens with zero attached hydrogens (tertiary/aromatic N) is 1. The highest BCUT2D eigenvalue weighted by molar-refractivity contribution is 5.85. The first kappa shape index (κ1) is 19.3. The summed E-state index contributed by atoms with van der Waals surface area (Å²) in [4.78, 5) is 36.3. The number of hydrogen-bond donors (Lipinski definition) is 1. The van der Waals surface area contributed by atoms with Gasteiger partial charge in [0.1, 0.15) is 18.0 Å². The zero-order valence-corrected chi connectivity index (χ0v) is 13.9. The number of phenolic OH excluding ortho intramolecular Hbond substituents is 1. The lowest BCUT2D eigenvalue weighted by Gasteiger charge is -2.24. The fraction of sp³-hybridized carbons (Fsp3) is 0.438. The molecule has 0 radical (unpaired) electrons. The molecule has 132 valence electrons. The van der Waals surface area contributed by atoms with E-state index in [-0.39, 0.29) is 25.3 Å². The van der Waals surface area contributed by atoms with Crippen LogP contribution in [0.15, 0.2) is 24.3 Å². The van der Waals surface area contributed by atoms with Crippen LogP contribution in [0.5, 0.6) is 11.5 Å². The van der Waals surface area contributed by atoms with E-state index in [2.05, 4.69) is 9.47 Å². The molecule has 0 saturated carbocycles. The van der Waals surface area contributed by atoms with Crippen LogP contribution in [-0.2, 0) is 23.9 Å². The Labute approximate surface area is 139 Å². The van der Waals surface area contributed by atoms with E-state index in [9.17, 15) is 19.5 Å². The van der Waals surface area contributed by atoms with Crippen LogP contribution in [0.3, 0.4) is 0 Å². The maximum Gasteiger partial charge on any atom is 0.325 e. The number of methoxy groups -OCH3 is 2. The zero-order valence-electron chi connectivity index (χ0n) is 13.9. The van der Waals surface area contributed by atoms with Crippen molar-refractivity contribution in [1.29, 1.82) is 0 Å². The van der Waals surface area contributed by atoms with Crippen molar-refractivity contribution >= 4 is 17.8 Å². The van der Waals surface area contributed by atoms with Crippen molar-refractivity contribution in [3.63, 3.8) is 0 Å². The molecular weight excluding hydrogens is 318 g/mol. The number of rotatable bonds is 8. The van der Waals surface area contributed by atoms with Crippen LogP contribution in [0.25, 0.3) is 0 Å². The average Bonchev–Trinajstić information content (AvgIpc) is 2.59. The molecular formula is C16H21NO7. The second-order valence-corrected chi connectivity index (χ2v) is 4.92. The Morgan fingerprint density at radius 3 is 2.21 bits per heavy atom. The van der Waals surface area contributed by atoms with E-state index in [1.807, 2.05) is 0 Å². The van der Waals surface area contributed by atoms with Crippen molar-refractivity contribution < 1.29 is 33.7 Å². The molecule has 0 aliphatic rings. The molecule has 1 aromatic rings. The van der Waals surface area contributed by atoms with E-state index in [1.165, 1.54) is 50.3 Å². The molecule has 1 atom stereocenters. The first-order chi connectivity index (χ1) is 11.4. The van der Waals surface area contributed by atoms with Crippen molar-refractivity contribution in [2.45, 2.75) is 19.4 Å². The fourth-order valence-corrected chi connectivity index (χ4v) is 1.85. The normalized spacial score (nSPS) is 11.3. The van der Waals surface area contributed by atoms with E-state index in [4.69, 9.17) is 4.74 Å². The Bertz CT molecular complexity index is 570. The summed E-state index contributed by atoms with van der Waals surface area (Å²) in [6, 6.07) is 5.88. The van der Waals surface area contributed by atoms with Crippen LogP contribution < -0.4 is 4.74 Å². The Kier molecular flexibility index (Phi) is 7.54. The summed E-state index contributed by atoms with van der Waals surface area (Å²) < 4.78 is 14.6. The monoisotopic (exact) mass is 339 g/mol. The van der Waals surface area contributed by atoms with Gasteiger partial charge in [0.15, 0.2) is 6.10 Å². The minimum absolute atomic E-state index is 0.00385. The van der Waals surface area contributed by atoms with Crippen molar-refractivity contribution in [3.8, 4) is 11.5 Å². The number of esters is 2. The molecule has 0 aliphatic carbocycles. The summed E-state index contributed by atoms with van der Waals surface area (Å²) in [6.45, 7) is 1.23. The van der Waals surface area contributed by atoms with Crippen molar-refractivity contribution in [3.05, 3.63) is 24.3 Å². The van der Waals surface area contributed by atoms with Crippen LogP contribution in [0, 0.1) is 0 Å². The Hall–Kier alpha value is -2.77. The number of benzene rings is 1. The third-order valence-electron chi connectivity index (χ3n) is 3.17. The maximum absolute atomic E-state index is 12.5. The molecule has 1 aromatic carbocycles. The minimum Gasteiger partial charge on any atom is -0.508 e. The molecule has 0 aromatic heterocycles. The van der Waals surface area contributed by atoms with Crippen molar-refractivity contribution in [1.82, 2.24) is 4.90 Å². The lowest BCUT2D eigenvalue weighted by molar-refractivity contribution is -0.151. The Morgan fingerprint density at radius 2 is 1.67 bits per heavy atom. The summed E-state index contributed by atoms with van der Waals surface area (Å²) >= 11 is 0. The second-order valence-electron chi connectivity index (χ2n) is 4.92. The predicted octanol–water partition coefficient (Wildman–Crippen LogP) is 0.724. The smallest absolute Gasteiger partial charge is 0.325 e. The number of ether oxygens (including phenoxy) is 3. The van der Waals surface area contributed by atoms with Gasteiger partial charge in [-0.25, -0.2) is 0 Å². The molecule has 0 fully saturated rings. The molecule has 8 nitrogen and oxygen atoms in total. The highest BCUT2D eigenvalue weighted by atomic mass is 16.5. The number of carbonyl (C=O) groups is 3. The van der Waals surface area contributed by atoms with E-state index < -0.39 is 23.9 Å². The molecule has 1 rings (SSSR count). The summed E-state index contributed by atoms with van der Waals surface area (Å²) in [6.07, 6.45) is -0.942. The summed E-state index contributed by atoms with van der Waals surface area (Å²) in [5.41, 5.74) is 0. The quantitative estimate of drug-likeness (QED) is 0.696. The highest BCUT2D eigenvalue weighted by Gasteiger charge is 2.25. The molecule has 0 saturated heterocycles. The predicted molar refractivity (Wildman–Crippen MR) is 83.4 cm³/mol. The summed E-state index contributed by atoms with van der Waals surface area (Å²) in [7, 11) is 2.45. The number of hydrogen-bond acceptors (Lipinski definition) is 7. The van der Waals surface area contributed by atoms with E-state index in [1.54, 1.807) is 0 Å². The topological polar surface area (TPSA) is 102 Å². The van der Waals surface area contributed by atoms with Gasteiger partial charge >= 0.3 is 11.9 Å². The zero-order chi connectivity index (χ0) is 18.1. The van der Waals surface area contributed by atoms with Crippen LogP contribution in [0.1, 0.15) is 13.3 Å². The molecule has 24 heavy (non-hydrogen) atoms. The number of aromatic hydroxyl groups is 1. The lowest BCUT2D eigenvalue weighted by Crippen LogP contribution is -2.44. The molecule has 8 heteroatoms. The average molecular weight is 339 g/mol. The van der Waals surface area contributed by atoms with Crippen LogP contribution >= 0.6 is 0 Å². The number of carbonyl (C=O) groups excluding carboxylic acids is 3. The van der Waals surface area contributed by atoms with E-state index >= 15 is 0 Å². The third kappa shape index (κ3) is 6.15. The van der Waals surface area contributed by atoms with Gasteiger partial charge in [0.2, 0.25) is 0 Å². The van der Waals surface area contributed by atoms with Gasteiger partial charge in [0.05, 0.1) is 20.6 Å². The molecule has 0 spiro atoms. The highest BCUT2D eigenvalue weighted by Crippen LogP contribution is 2.17. The second kappa shape index (κ2) is 9.39. The van der Waals surface area contributed by atoms with Gasteiger partial charge in [0, 0.05) is 6.54 Å². The minimum atomic E-state index is -0.892. The van der Waals surface area contributed by atoms with Gasteiger partial charge in [-0.15, -0.1) is 0 Å². The van der Waals surface area contributed by atoms with Gasteiger partial charge in [-0.1, -0.05) is 0 Å². The van der Waals surface area contributed by atoms with Crippen LogP contribution in [-0.4, -0.2) is 61.3 Å². The summed E-state index contributed by atoms with van der Waals surface area (Å²) in [5, 5.41) is 9.23. The SMILES string of the molecule is COC(=O)CCN(CC(=O)OC)C(=O)C(C)Oc1ccc(O)cc1. The lowest BCUT2D eigenvalue weighted by atomic mass is 10.2. The molecule has 0 heterocycles. The summed E-state index contributed by atoms with van der Waals surface area (Å²) in [5.74, 6) is -1.11. The standard InChI is InChI=1S/C16H21NO7/c1-11(24-13-6-4-12(18)5-7-13)16(21)17(10-15(20)23-3)9-8-14(19)22-2/h4-7,11,18H,8-10H2,1-3H3. The molecule has 1 N–H and O–H groups in total. The molecule has 0 aliphatic heterocycles. The van der Waals surface area contributed by atoms with Gasteiger partial charge < -0.3 is 24.2 Å². The Morgan fingerprint density at radius 1 is 1.08 bits per heavy atom.